The highest BCUT2D eigenvalue weighted by Crippen LogP contribution is 2.18. The molecular formula is C18H33N3O2. The fraction of sp³-hybridized carbons (Fsp3) is 0.889. The maximum absolute atomic E-state index is 12.3. The number of amides is 2. The van der Waals surface area contributed by atoms with Crippen molar-refractivity contribution in [2.24, 2.45) is 11.8 Å². The fourth-order valence-electron chi connectivity index (χ4n) is 3.73. The van der Waals surface area contributed by atoms with Gasteiger partial charge in [-0.3, -0.25) is 9.59 Å². The minimum Gasteiger partial charge on any atom is -0.355 e. The Morgan fingerprint density at radius 3 is 2.52 bits per heavy atom. The monoisotopic (exact) mass is 323 g/mol. The molecule has 2 heterocycles. The van der Waals surface area contributed by atoms with Crippen molar-refractivity contribution in [2.75, 3.05) is 39.3 Å². The number of carbonyl (C=O) groups is 2. The first kappa shape index (κ1) is 18.2. The number of rotatable bonds is 6. The summed E-state index contributed by atoms with van der Waals surface area (Å²) in [6, 6.07) is 0. The van der Waals surface area contributed by atoms with Crippen LogP contribution >= 0.6 is 0 Å². The molecule has 2 rings (SSSR count). The molecule has 5 nitrogen and oxygen atoms in total. The van der Waals surface area contributed by atoms with Crippen LogP contribution in [0.2, 0.25) is 0 Å². The molecule has 0 bridgehead atoms. The molecule has 0 aromatic carbocycles. The second-order valence-electron chi connectivity index (χ2n) is 7.24. The Bertz CT molecular complexity index is 392. The zero-order chi connectivity index (χ0) is 16.7. The summed E-state index contributed by atoms with van der Waals surface area (Å²) in [6.07, 6.45) is 5.75. The molecule has 0 saturated carbocycles. The summed E-state index contributed by atoms with van der Waals surface area (Å²) in [7, 11) is 0. The standard InChI is InChI=1S/C18H33N3O2/c1-3-5-17(22)21-11-7-16(8-12-21)18(23)19-9-13-20-10-4-6-15(2)14-20/h15-16H,3-14H2,1-2H3,(H,19,23)/t15-/m1/s1. The van der Waals surface area contributed by atoms with Crippen LogP contribution in [0.1, 0.15) is 52.4 Å². The summed E-state index contributed by atoms with van der Waals surface area (Å²) in [6.45, 7) is 9.84. The van der Waals surface area contributed by atoms with E-state index in [0.29, 0.717) is 6.42 Å². The van der Waals surface area contributed by atoms with Gasteiger partial charge in [0.15, 0.2) is 0 Å². The van der Waals surface area contributed by atoms with Crippen molar-refractivity contribution in [3.8, 4) is 0 Å². The van der Waals surface area contributed by atoms with Crippen LogP contribution in [0.25, 0.3) is 0 Å². The van der Waals surface area contributed by atoms with Crippen molar-refractivity contribution in [1.82, 2.24) is 15.1 Å². The third-order valence-electron chi connectivity index (χ3n) is 5.15. The van der Waals surface area contributed by atoms with Gasteiger partial charge in [-0.1, -0.05) is 13.8 Å². The smallest absolute Gasteiger partial charge is 0.223 e. The van der Waals surface area contributed by atoms with E-state index in [2.05, 4.69) is 17.1 Å². The van der Waals surface area contributed by atoms with Gasteiger partial charge in [0.2, 0.25) is 11.8 Å². The molecule has 2 fully saturated rings. The molecule has 0 unspecified atom stereocenters. The first-order chi connectivity index (χ1) is 11.1. The summed E-state index contributed by atoms with van der Waals surface area (Å²) in [4.78, 5) is 28.5. The van der Waals surface area contributed by atoms with Crippen LogP contribution in [0.5, 0.6) is 0 Å². The van der Waals surface area contributed by atoms with Gasteiger partial charge >= 0.3 is 0 Å². The van der Waals surface area contributed by atoms with Crippen molar-refractivity contribution in [2.45, 2.75) is 52.4 Å². The quantitative estimate of drug-likeness (QED) is 0.812. The lowest BCUT2D eigenvalue weighted by atomic mass is 9.95. The minimum absolute atomic E-state index is 0.0842. The third kappa shape index (κ3) is 5.79. The highest BCUT2D eigenvalue weighted by Gasteiger charge is 2.26. The van der Waals surface area contributed by atoms with Gasteiger partial charge in [0.25, 0.3) is 0 Å². The molecule has 1 N–H and O–H groups in total. The molecule has 0 radical (unpaired) electrons. The molecule has 5 heteroatoms. The summed E-state index contributed by atoms with van der Waals surface area (Å²) in [5, 5.41) is 3.10. The molecular weight excluding hydrogens is 290 g/mol. The zero-order valence-corrected chi connectivity index (χ0v) is 14.9. The molecule has 0 aromatic rings. The van der Waals surface area contributed by atoms with Gasteiger partial charge in [0.1, 0.15) is 0 Å². The Kier molecular flexibility index (Phi) is 7.34. The average molecular weight is 323 g/mol. The number of hydrogen-bond donors (Lipinski definition) is 1. The van der Waals surface area contributed by atoms with Crippen LogP contribution in [0.4, 0.5) is 0 Å². The summed E-state index contributed by atoms with van der Waals surface area (Å²) < 4.78 is 0. The van der Waals surface area contributed by atoms with E-state index in [1.807, 2.05) is 11.8 Å². The molecule has 2 saturated heterocycles. The first-order valence-corrected chi connectivity index (χ1v) is 9.38. The Morgan fingerprint density at radius 1 is 1.13 bits per heavy atom. The molecule has 0 spiro atoms. The van der Waals surface area contributed by atoms with Gasteiger partial charge in [-0.15, -0.1) is 0 Å². The lowest BCUT2D eigenvalue weighted by molar-refractivity contribution is -0.135. The van der Waals surface area contributed by atoms with E-state index in [1.54, 1.807) is 0 Å². The molecule has 0 aromatic heterocycles. The number of piperidine rings is 2. The van der Waals surface area contributed by atoms with Gasteiger partial charge in [0, 0.05) is 45.1 Å². The molecule has 132 valence electrons. The maximum Gasteiger partial charge on any atom is 0.223 e. The molecule has 1 atom stereocenters. The van der Waals surface area contributed by atoms with Crippen LogP contribution in [-0.4, -0.2) is 60.9 Å². The Balaban J connectivity index is 1.62. The number of nitrogens with zero attached hydrogens (tertiary/aromatic N) is 2. The zero-order valence-electron chi connectivity index (χ0n) is 14.9. The average Bonchev–Trinajstić information content (AvgIpc) is 2.55. The Morgan fingerprint density at radius 2 is 1.87 bits per heavy atom. The number of nitrogens with one attached hydrogen (secondary N) is 1. The number of carbonyl (C=O) groups excluding carboxylic acids is 2. The van der Waals surface area contributed by atoms with Crippen LogP contribution in [0, 0.1) is 11.8 Å². The van der Waals surface area contributed by atoms with Crippen LogP contribution in [0.3, 0.4) is 0 Å². The van der Waals surface area contributed by atoms with Crippen molar-refractivity contribution in [3.63, 3.8) is 0 Å². The van der Waals surface area contributed by atoms with Crippen LogP contribution in [-0.2, 0) is 9.59 Å². The molecule has 2 amide bonds. The summed E-state index contributed by atoms with van der Waals surface area (Å²) >= 11 is 0. The van der Waals surface area contributed by atoms with E-state index in [4.69, 9.17) is 0 Å². The molecule has 2 aliphatic rings. The van der Waals surface area contributed by atoms with Crippen LogP contribution < -0.4 is 5.32 Å². The predicted octanol–water partition coefficient (Wildman–Crippen LogP) is 1.87. The third-order valence-corrected chi connectivity index (χ3v) is 5.15. The van der Waals surface area contributed by atoms with E-state index >= 15 is 0 Å². The fourth-order valence-corrected chi connectivity index (χ4v) is 3.73. The van der Waals surface area contributed by atoms with Gasteiger partial charge < -0.3 is 15.1 Å². The van der Waals surface area contributed by atoms with Crippen LogP contribution in [0.15, 0.2) is 0 Å². The highest BCUT2D eigenvalue weighted by atomic mass is 16.2. The second kappa shape index (κ2) is 9.26. The molecule has 2 aliphatic heterocycles. The van der Waals surface area contributed by atoms with Gasteiger partial charge in [-0.2, -0.15) is 0 Å². The van der Waals surface area contributed by atoms with E-state index in [1.165, 1.54) is 12.8 Å². The molecule has 23 heavy (non-hydrogen) atoms. The van der Waals surface area contributed by atoms with E-state index in [-0.39, 0.29) is 17.7 Å². The van der Waals surface area contributed by atoms with Crippen molar-refractivity contribution in [3.05, 3.63) is 0 Å². The normalized spacial score (nSPS) is 23.7. The van der Waals surface area contributed by atoms with E-state index < -0.39 is 0 Å². The lowest BCUT2D eigenvalue weighted by Crippen LogP contribution is -2.45. The summed E-state index contributed by atoms with van der Waals surface area (Å²) in [5.74, 6) is 1.29. The second-order valence-corrected chi connectivity index (χ2v) is 7.24. The maximum atomic E-state index is 12.3. The number of hydrogen-bond acceptors (Lipinski definition) is 3. The topological polar surface area (TPSA) is 52.7 Å². The van der Waals surface area contributed by atoms with Gasteiger partial charge in [0.05, 0.1) is 0 Å². The Labute approximate surface area is 140 Å². The van der Waals surface area contributed by atoms with E-state index in [9.17, 15) is 9.59 Å². The van der Waals surface area contributed by atoms with E-state index in [0.717, 1.165) is 64.4 Å². The SMILES string of the molecule is CCCC(=O)N1CCC(C(=O)NCCN2CCC[C@@H](C)C2)CC1. The minimum atomic E-state index is 0.0842. The first-order valence-electron chi connectivity index (χ1n) is 9.38. The summed E-state index contributed by atoms with van der Waals surface area (Å²) in [5.41, 5.74) is 0. The Hall–Kier alpha value is -1.10. The van der Waals surface area contributed by atoms with Crippen molar-refractivity contribution in [1.29, 1.82) is 0 Å². The van der Waals surface area contributed by atoms with Crippen molar-refractivity contribution < 1.29 is 9.59 Å². The lowest BCUT2D eigenvalue weighted by Gasteiger charge is -2.32. The largest absolute Gasteiger partial charge is 0.355 e. The van der Waals surface area contributed by atoms with Gasteiger partial charge in [-0.25, -0.2) is 0 Å². The van der Waals surface area contributed by atoms with Crippen molar-refractivity contribution >= 4 is 11.8 Å². The van der Waals surface area contributed by atoms with Gasteiger partial charge in [-0.05, 0) is 44.6 Å². The molecule has 0 aliphatic carbocycles. The predicted molar refractivity (Wildman–Crippen MR) is 92.1 cm³/mol. The highest BCUT2D eigenvalue weighted by molar-refractivity contribution is 5.80. The number of likely N-dealkylation sites (tertiary alicyclic amines) is 2.